The average molecular weight is 370 g/mol. The maximum Gasteiger partial charge on any atom is 0.229 e. The lowest BCUT2D eigenvalue weighted by Crippen LogP contribution is -2.32. The van der Waals surface area contributed by atoms with Gasteiger partial charge in [-0.25, -0.2) is 0 Å². The molecule has 1 unspecified atom stereocenters. The van der Waals surface area contributed by atoms with Gasteiger partial charge in [-0.05, 0) is 23.9 Å². The number of ether oxygens (including phenoxy) is 1. The fraction of sp³-hybridized carbons (Fsp3) is 0.353. The van der Waals surface area contributed by atoms with Crippen LogP contribution < -0.4 is 4.74 Å². The molecule has 1 atom stereocenters. The number of carbonyl (C=O) groups excluding carboxylic acids is 1. The number of alkyl halides is 2. The van der Waals surface area contributed by atoms with Gasteiger partial charge in [-0.3, -0.25) is 4.79 Å². The van der Waals surface area contributed by atoms with Gasteiger partial charge >= 0.3 is 0 Å². The summed E-state index contributed by atoms with van der Waals surface area (Å²) in [6, 6.07) is 11.7. The van der Waals surface area contributed by atoms with E-state index >= 15 is 0 Å². The Bertz CT molecular complexity index is 688. The van der Waals surface area contributed by atoms with Crippen molar-refractivity contribution in [1.29, 1.82) is 0 Å². The van der Waals surface area contributed by atoms with Crippen LogP contribution in [0.5, 0.6) is 5.75 Å². The Hall–Kier alpha value is -1.23. The highest BCUT2D eigenvalue weighted by atomic mass is 35.5. The molecule has 1 aromatic heterocycles. The Morgan fingerprint density at radius 2 is 2.04 bits per heavy atom. The molecule has 23 heavy (non-hydrogen) atoms. The Morgan fingerprint density at radius 3 is 2.65 bits per heavy atom. The van der Waals surface area contributed by atoms with Gasteiger partial charge < -0.3 is 9.64 Å². The topological polar surface area (TPSA) is 29.5 Å². The molecular weight excluding hydrogens is 353 g/mol. The van der Waals surface area contributed by atoms with Gasteiger partial charge in [0.2, 0.25) is 5.91 Å². The van der Waals surface area contributed by atoms with E-state index in [4.69, 9.17) is 27.9 Å². The van der Waals surface area contributed by atoms with Crippen molar-refractivity contribution in [3.8, 4) is 5.75 Å². The van der Waals surface area contributed by atoms with E-state index in [2.05, 4.69) is 0 Å². The van der Waals surface area contributed by atoms with Gasteiger partial charge in [0.15, 0.2) is 0 Å². The zero-order valence-corrected chi connectivity index (χ0v) is 15.0. The van der Waals surface area contributed by atoms with Crippen molar-refractivity contribution in [2.45, 2.75) is 23.8 Å². The monoisotopic (exact) mass is 369 g/mol. The van der Waals surface area contributed by atoms with E-state index in [0.29, 0.717) is 19.5 Å². The Morgan fingerprint density at radius 1 is 1.30 bits per heavy atom. The van der Waals surface area contributed by atoms with E-state index in [-0.39, 0.29) is 11.8 Å². The van der Waals surface area contributed by atoms with Crippen LogP contribution in [0.1, 0.15) is 16.9 Å². The highest BCUT2D eigenvalue weighted by Gasteiger charge is 2.57. The molecule has 1 aliphatic rings. The van der Waals surface area contributed by atoms with Crippen LogP contribution in [0.4, 0.5) is 0 Å². The molecule has 1 aliphatic carbocycles. The molecule has 0 saturated heterocycles. The molecule has 1 fully saturated rings. The number of benzene rings is 1. The molecule has 0 aliphatic heterocycles. The van der Waals surface area contributed by atoms with E-state index in [1.54, 1.807) is 23.3 Å². The fourth-order valence-corrected chi connectivity index (χ4v) is 3.76. The lowest BCUT2D eigenvalue weighted by Gasteiger charge is -2.23. The zero-order chi connectivity index (χ0) is 16.4. The minimum Gasteiger partial charge on any atom is -0.496 e. The normalized spacial score (nSPS) is 18.5. The van der Waals surface area contributed by atoms with Crippen molar-refractivity contribution in [3.63, 3.8) is 0 Å². The number of carbonyl (C=O) groups is 1. The van der Waals surface area contributed by atoms with Crippen LogP contribution >= 0.6 is 34.5 Å². The van der Waals surface area contributed by atoms with Crippen molar-refractivity contribution in [2.24, 2.45) is 5.92 Å². The van der Waals surface area contributed by atoms with Gasteiger partial charge in [0, 0.05) is 17.0 Å². The number of thiophene rings is 1. The van der Waals surface area contributed by atoms with Gasteiger partial charge in [-0.2, -0.15) is 0 Å². The summed E-state index contributed by atoms with van der Waals surface area (Å²) in [7, 11) is 1.63. The van der Waals surface area contributed by atoms with Crippen LogP contribution in [0.15, 0.2) is 41.8 Å². The van der Waals surface area contributed by atoms with Crippen molar-refractivity contribution in [2.75, 3.05) is 7.11 Å². The molecule has 0 spiro atoms. The molecule has 6 heteroatoms. The smallest absolute Gasteiger partial charge is 0.229 e. The Balaban J connectivity index is 1.81. The van der Waals surface area contributed by atoms with Gasteiger partial charge in [0.1, 0.15) is 10.1 Å². The highest BCUT2D eigenvalue weighted by molar-refractivity contribution is 7.09. The van der Waals surface area contributed by atoms with E-state index in [1.807, 2.05) is 41.8 Å². The third-order valence-electron chi connectivity index (χ3n) is 3.92. The molecule has 3 nitrogen and oxygen atoms in total. The summed E-state index contributed by atoms with van der Waals surface area (Å²) in [6.45, 7) is 1.02. The van der Waals surface area contributed by atoms with Gasteiger partial charge in [-0.1, -0.05) is 24.3 Å². The predicted molar refractivity (Wildman–Crippen MR) is 94.1 cm³/mol. The first-order valence-electron chi connectivity index (χ1n) is 7.32. The molecule has 3 rings (SSSR count). The first-order chi connectivity index (χ1) is 11.0. The first kappa shape index (κ1) is 16.6. The lowest BCUT2D eigenvalue weighted by molar-refractivity contribution is -0.133. The summed E-state index contributed by atoms with van der Waals surface area (Å²) < 4.78 is 4.48. The number of hydrogen-bond donors (Lipinski definition) is 0. The van der Waals surface area contributed by atoms with Gasteiger partial charge in [-0.15, -0.1) is 34.5 Å². The van der Waals surface area contributed by atoms with Crippen LogP contribution in [0.3, 0.4) is 0 Å². The van der Waals surface area contributed by atoms with Crippen LogP contribution in [-0.2, 0) is 17.9 Å². The van der Waals surface area contributed by atoms with Crippen LogP contribution in [0.25, 0.3) is 0 Å². The van der Waals surface area contributed by atoms with E-state index in [1.165, 1.54) is 0 Å². The first-order valence-corrected chi connectivity index (χ1v) is 8.95. The highest BCUT2D eigenvalue weighted by Crippen LogP contribution is 2.54. The number of amides is 1. The molecule has 0 bridgehead atoms. The summed E-state index contributed by atoms with van der Waals surface area (Å²) in [5.74, 6) is 0.449. The molecule has 1 amide bonds. The van der Waals surface area contributed by atoms with Crippen LogP contribution in [0.2, 0.25) is 0 Å². The number of hydrogen-bond acceptors (Lipinski definition) is 3. The molecule has 1 heterocycles. The summed E-state index contributed by atoms with van der Waals surface area (Å²) in [4.78, 5) is 15.7. The zero-order valence-electron chi connectivity index (χ0n) is 12.7. The Kier molecular flexibility index (Phi) is 4.85. The predicted octanol–water partition coefficient (Wildman–Crippen LogP) is 4.48. The van der Waals surface area contributed by atoms with E-state index in [0.717, 1.165) is 16.2 Å². The van der Waals surface area contributed by atoms with Gasteiger partial charge in [0.25, 0.3) is 0 Å². The molecule has 2 aromatic rings. The van der Waals surface area contributed by atoms with Crippen molar-refractivity contribution in [3.05, 3.63) is 52.2 Å². The third kappa shape index (κ3) is 3.82. The van der Waals surface area contributed by atoms with Crippen molar-refractivity contribution >= 4 is 40.4 Å². The minimum absolute atomic E-state index is 0.00527. The summed E-state index contributed by atoms with van der Waals surface area (Å²) in [5.41, 5.74) is 0.968. The minimum atomic E-state index is -0.911. The molecule has 1 aromatic carbocycles. The van der Waals surface area contributed by atoms with Crippen LogP contribution in [0, 0.1) is 5.92 Å². The molecular formula is C17H17Cl2NO2S. The molecule has 0 radical (unpaired) electrons. The number of nitrogens with zero attached hydrogens (tertiary/aromatic N) is 1. The Labute approximate surface area is 149 Å². The second kappa shape index (κ2) is 6.71. The number of halogens is 2. The summed E-state index contributed by atoms with van der Waals surface area (Å²) in [5, 5.41) is 2.01. The SMILES string of the molecule is COc1ccccc1CN(Cc1cccs1)C(=O)C1CC1(Cl)Cl. The van der Waals surface area contributed by atoms with Gasteiger partial charge in [0.05, 0.1) is 19.6 Å². The maximum atomic E-state index is 12.8. The van der Waals surface area contributed by atoms with E-state index < -0.39 is 4.33 Å². The standard InChI is InChI=1S/C17H17Cl2NO2S/c1-22-15-7-3-2-5-12(15)10-20(11-13-6-4-8-23-13)16(21)14-9-17(14,18)19/h2-8,14H,9-11H2,1H3. The quantitative estimate of drug-likeness (QED) is 0.702. The second-order valence-corrected chi connectivity index (χ2v) is 8.18. The number of para-hydroxylation sites is 1. The molecule has 122 valence electrons. The lowest BCUT2D eigenvalue weighted by atomic mass is 10.1. The molecule has 1 saturated carbocycles. The fourth-order valence-electron chi connectivity index (χ4n) is 2.54. The number of methoxy groups -OCH3 is 1. The van der Waals surface area contributed by atoms with E-state index in [9.17, 15) is 4.79 Å². The van der Waals surface area contributed by atoms with Crippen LogP contribution in [-0.4, -0.2) is 22.3 Å². The third-order valence-corrected chi connectivity index (χ3v) is 5.61. The summed E-state index contributed by atoms with van der Waals surface area (Å²) >= 11 is 13.8. The largest absolute Gasteiger partial charge is 0.496 e. The molecule has 0 N–H and O–H groups in total. The van der Waals surface area contributed by atoms with Crippen molar-refractivity contribution in [1.82, 2.24) is 4.90 Å². The second-order valence-electron chi connectivity index (χ2n) is 5.60. The summed E-state index contributed by atoms with van der Waals surface area (Å²) in [6.07, 6.45) is 0.516. The van der Waals surface area contributed by atoms with Crippen molar-refractivity contribution < 1.29 is 9.53 Å². The maximum absolute atomic E-state index is 12.8. The average Bonchev–Trinajstić information content (AvgIpc) is 2.94. The number of rotatable bonds is 6.